The van der Waals surface area contributed by atoms with Crippen molar-refractivity contribution < 1.29 is 9.53 Å². The Bertz CT molecular complexity index is 863. The molecule has 0 aliphatic heterocycles. The van der Waals surface area contributed by atoms with Crippen molar-refractivity contribution in [2.45, 2.75) is 27.3 Å². The van der Waals surface area contributed by atoms with Crippen LogP contribution in [0.25, 0.3) is 5.65 Å². The summed E-state index contributed by atoms with van der Waals surface area (Å²) in [7, 11) is 0. The van der Waals surface area contributed by atoms with Crippen molar-refractivity contribution in [3.63, 3.8) is 0 Å². The fourth-order valence-corrected chi connectivity index (χ4v) is 2.63. The summed E-state index contributed by atoms with van der Waals surface area (Å²) in [4.78, 5) is 16.5. The number of benzene rings is 1. The van der Waals surface area contributed by atoms with Gasteiger partial charge in [-0.3, -0.25) is 4.79 Å². The molecule has 124 valence electrons. The summed E-state index contributed by atoms with van der Waals surface area (Å²) in [5, 5.41) is 2.84. The summed E-state index contributed by atoms with van der Waals surface area (Å²) in [5.41, 5.74) is 4.91. The number of rotatable bonds is 5. The number of carbonyl (C=O) groups is 1. The molecule has 5 heteroatoms. The molecular formula is C19H21N3O2. The number of hydrogen-bond acceptors (Lipinski definition) is 3. The van der Waals surface area contributed by atoms with Crippen LogP contribution in [0.15, 0.2) is 42.7 Å². The number of ether oxygens (including phenoxy) is 1. The number of aryl methyl sites for hydroxylation is 3. The molecule has 0 saturated carbocycles. The van der Waals surface area contributed by atoms with Crippen LogP contribution in [-0.4, -0.2) is 21.9 Å². The molecular weight excluding hydrogens is 302 g/mol. The van der Waals surface area contributed by atoms with Crippen molar-refractivity contribution >= 4 is 11.6 Å². The predicted octanol–water partition coefficient (Wildman–Crippen LogP) is 2.95. The SMILES string of the molecule is Cc1ccn2cc(CNC(=O)COc3c(C)cccc3C)nc2c1. The molecule has 0 aliphatic rings. The minimum atomic E-state index is -0.161. The third kappa shape index (κ3) is 3.56. The second-order valence-electron chi connectivity index (χ2n) is 5.99. The Morgan fingerprint density at radius 3 is 2.71 bits per heavy atom. The van der Waals surface area contributed by atoms with Gasteiger partial charge in [-0.25, -0.2) is 4.98 Å². The average molecular weight is 323 g/mol. The lowest BCUT2D eigenvalue weighted by atomic mass is 10.1. The minimum absolute atomic E-state index is 0.00181. The van der Waals surface area contributed by atoms with Crippen LogP contribution < -0.4 is 10.1 Å². The number of pyridine rings is 1. The Morgan fingerprint density at radius 2 is 1.96 bits per heavy atom. The highest BCUT2D eigenvalue weighted by atomic mass is 16.5. The first kappa shape index (κ1) is 16.1. The van der Waals surface area contributed by atoms with Crippen molar-refractivity contribution in [3.05, 3.63) is 65.1 Å². The molecule has 0 spiro atoms. The third-order valence-corrected chi connectivity index (χ3v) is 3.89. The van der Waals surface area contributed by atoms with Crippen LogP contribution >= 0.6 is 0 Å². The molecule has 0 bridgehead atoms. The van der Waals surface area contributed by atoms with Gasteiger partial charge in [-0.1, -0.05) is 18.2 Å². The lowest BCUT2D eigenvalue weighted by Crippen LogP contribution is -2.28. The van der Waals surface area contributed by atoms with Gasteiger partial charge < -0.3 is 14.5 Å². The van der Waals surface area contributed by atoms with Gasteiger partial charge in [-0.05, 0) is 49.6 Å². The molecule has 3 aromatic rings. The molecule has 5 nitrogen and oxygen atoms in total. The van der Waals surface area contributed by atoms with Gasteiger partial charge >= 0.3 is 0 Å². The van der Waals surface area contributed by atoms with Gasteiger partial charge in [0.25, 0.3) is 5.91 Å². The molecule has 1 aromatic carbocycles. The summed E-state index contributed by atoms with van der Waals surface area (Å²) in [6.07, 6.45) is 3.88. The molecule has 0 atom stereocenters. The van der Waals surface area contributed by atoms with Gasteiger partial charge in [-0.2, -0.15) is 0 Å². The number of carbonyl (C=O) groups excluding carboxylic acids is 1. The van der Waals surface area contributed by atoms with Gasteiger partial charge in [-0.15, -0.1) is 0 Å². The molecule has 1 amide bonds. The van der Waals surface area contributed by atoms with Crippen LogP contribution in [-0.2, 0) is 11.3 Å². The van der Waals surface area contributed by atoms with Crippen molar-refractivity contribution in [2.24, 2.45) is 0 Å². The van der Waals surface area contributed by atoms with E-state index in [1.807, 2.05) is 67.9 Å². The number of imidazole rings is 1. The van der Waals surface area contributed by atoms with Gasteiger partial charge in [0, 0.05) is 12.4 Å². The molecule has 0 saturated heterocycles. The Labute approximate surface area is 141 Å². The molecule has 2 heterocycles. The first-order valence-electron chi connectivity index (χ1n) is 7.93. The number of amides is 1. The van der Waals surface area contributed by atoms with Crippen LogP contribution in [0.3, 0.4) is 0 Å². The fourth-order valence-electron chi connectivity index (χ4n) is 2.63. The minimum Gasteiger partial charge on any atom is -0.483 e. The van der Waals surface area contributed by atoms with E-state index in [1.54, 1.807) is 0 Å². The van der Waals surface area contributed by atoms with Gasteiger partial charge in [0.15, 0.2) is 6.61 Å². The van der Waals surface area contributed by atoms with E-state index in [0.29, 0.717) is 6.54 Å². The van der Waals surface area contributed by atoms with E-state index in [-0.39, 0.29) is 12.5 Å². The summed E-state index contributed by atoms with van der Waals surface area (Å²) in [5.74, 6) is 0.613. The zero-order valence-corrected chi connectivity index (χ0v) is 14.2. The number of fused-ring (bicyclic) bond motifs is 1. The number of aromatic nitrogens is 2. The molecule has 3 rings (SSSR count). The lowest BCUT2D eigenvalue weighted by Gasteiger charge is -2.11. The highest BCUT2D eigenvalue weighted by Gasteiger charge is 2.08. The van der Waals surface area contributed by atoms with Crippen LogP contribution in [0.2, 0.25) is 0 Å². The number of nitrogens with one attached hydrogen (secondary N) is 1. The standard InChI is InChI=1S/C19H21N3O2/c1-13-7-8-22-11-16(21-17(22)9-13)10-20-18(23)12-24-19-14(2)5-4-6-15(19)3/h4-9,11H,10,12H2,1-3H3,(H,20,23). The lowest BCUT2D eigenvalue weighted by molar-refractivity contribution is -0.123. The van der Waals surface area contributed by atoms with Crippen LogP contribution in [0.1, 0.15) is 22.4 Å². The summed E-state index contributed by atoms with van der Waals surface area (Å²) in [6, 6.07) is 9.95. The number of nitrogens with zero attached hydrogens (tertiary/aromatic N) is 2. The quantitative estimate of drug-likeness (QED) is 0.785. The van der Waals surface area contributed by atoms with E-state index in [1.165, 1.54) is 0 Å². The van der Waals surface area contributed by atoms with Gasteiger partial charge in [0.05, 0.1) is 12.2 Å². The maximum absolute atomic E-state index is 12.0. The van der Waals surface area contributed by atoms with Crippen LogP contribution in [0, 0.1) is 20.8 Å². The number of para-hydroxylation sites is 1. The largest absolute Gasteiger partial charge is 0.483 e. The molecule has 0 unspecified atom stereocenters. The Kier molecular flexibility index (Phi) is 4.51. The number of hydrogen-bond donors (Lipinski definition) is 1. The van der Waals surface area contributed by atoms with E-state index < -0.39 is 0 Å². The van der Waals surface area contributed by atoms with Crippen molar-refractivity contribution in [1.82, 2.24) is 14.7 Å². The highest BCUT2D eigenvalue weighted by Crippen LogP contribution is 2.22. The van der Waals surface area contributed by atoms with Crippen LogP contribution in [0.4, 0.5) is 0 Å². The van der Waals surface area contributed by atoms with E-state index in [4.69, 9.17) is 4.74 Å². The first-order valence-corrected chi connectivity index (χ1v) is 7.93. The van der Waals surface area contributed by atoms with Crippen molar-refractivity contribution in [2.75, 3.05) is 6.61 Å². The van der Waals surface area contributed by atoms with E-state index in [9.17, 15) is 4.79 Å². The van der Waals surface area contributed by atoms with Crippen molar-refractivity contribution in [1.29, 1.82) is 0 Å². The smallest absolute Gasteiger partial charge is 0.258 e. The van der Waals surface area contributed by atoms with Crippen LogP contribution in [0.5, 0.6) is 5.75 Å². The molecule has 0 radical (unpaired) electrons. The molecule has 1 N–H and O–H groups in total. The Morgan fingerprint density at radius 1 is 1.21 bits per heavy atom. The third-order valence-electron chi connectivity index (χ3n) is 3.89. The molecule has 0 aliphatic carbocycles. The summed E-state index contributed by atoms with van der Waals surface area (Å²) in [6.45, 7) is 6.35. The topological polar surface area (TPSA) is 55.6 Å². The van der Waals surface area contributed by atoms with E-state index >= 15 is 0 Å². The average Bonchev–Trinajstić information content (AvgIpc) is 2.94. The first-order chi connectivity index (χ1) is 11.5. The summed E-state index contributed by atoms with van der Waals surface area (Å²) < 4.78 is 7.60. The zero-order chi connectivity index (χ0) is 17.1. The second-order valence-corrected chi connectivity index (χ2v) is 5.99. The highest BCUT2D eigenvalue weighted by molar-refractivity contribution is 5.77. The van der Waals surface area contributed by atoms with Gasteiger partial charge in [0.2, 0.25) is 0 Å². The maximum Gasteiger partial charge on any atom is 0.258 e. The molecule has 24 heavy (non-hydrogen) atoms. The zero-order valence-electron chi connectivity index (χ0n) is 14.2. The fraction of sp³-hybridized carbons (Fsp3) is 0.263. The summed E-state index contributed by atoms with van der Waals surface area (Å²) >= 11 is 0. The predicted molar refractivity (Wildman–Crippen MR) is 93.2 cm³/mol. The second kappa shape index (κ2) is 6.74. The van der Waals surface area contributed by atoms with E-state index in [2.05, 4.69) is 10.3 Å². The van der Waals surface area contributed by atoms with Crippen molar-refractivity contribution in [3.8, 4) is 5.75 Å². The normalized spacial score (nSPS) is 10.8. The maximum atomic E-state index is 12.0. The Hall–Kier alpha value is -2.82. The van der Waals surface area contributed by atoms with Gasteiger partial charge in [0.1, 0.15) is 11.4 Å². The molecule has 0 fully saturated rings. The van der Waals surface area contributed by atoms with E-state index in [0.717, 1.165) is 33.8 Å². The monoisotopic (exact) mass is 323 g/mol. The molecule has 2 aromatic heterocycles. The Balaban J connectivity index is 1.57.